The van der Waals surface area contributed by atoms with Crippen molar-refractivity contribution in [2.75, 3.05) is 19.5 Å². The molecule has 0 amide bonds. The lowest BCUT2D eigenvalue weighted by Gasteiger charge is -2.12. The smallest absolute Gasteiger partial charge is 0.332 e. The summed E-state index contributed by atoms with van der Waals surface area (Å²) in [5.41, 5.74) is -0.240. The van der Waals surface area contributed by atoms with Crippen molar-refractivity contribution >= 4 is 33.6 Å². The SMILES string of the molecule is CCCn1c2c(c(=O)n(C)c1=O)C(=O)/C(=C\c1cc(OC)c(OC)cc1Br)N2. The van der Waals surface area contributed by atoms with Crippen molar-refractivity contribution in [1.82, 2.24) is 9.13 Å². The van der Waals surface area contributed by atoms with Crippen molar-refractivity contribution < 1.29 is 14.3 Å². The summed E-state index contributed by atoms with van der Waals surface area (Å²) in [5.74, 6) is 0.820. The van der Waals surface area contributed by atoms with Gasteiger partial charge in [-0.15, -0.1) is 0 Å². The molecule has 0 unspecified atom stereocenters. The summed E-state index contributed by atoms with van der Waals surface area (Å²) in [7, 11) is 4.42. The second-order valence-corrected chi connectivity index (χ2v) is 7.12. The molecule has 3 rings (SSSR count). The van der Waals surface area contributed by atoms with Crippen LogP contribution in [0, 0.1) is 0 Å². The number of fused-ring (bicyclic) bond motifs is 1. The zero-order chi connectivity index (χ0) is 20.6. The highest BCUT2D eigenvalue weighted by molar-refractivity contribution is 9.10. The zero-order valence-corrected chi connectivity index (χ0v) is 17.5. The minimum Gasteiger partial charge on any atom is -0.493 e. The summed E-state index contributed by atoms with van der Waals surface area (Å²) in [5, 5.41) is 2.96. The van der Waals surface area contributed by atoms with Gasteiger partial charge in [-0.05, 0) is 30.2 Å². The van der Waals surface area contributed by atoms with Crippen LogP contribution < -0.4 is 26.0 Å². The van der Waals surface area contributed by atoms with Gasteiger partial charge in [0.1, 0.15) is 11.4 Å². The van der Waals surface area contributed by atoms with E-state index in [-0.39, 0.29) is 17.1 Å². The number of nitrogens with one attached hydrogen (secondary N) is 1. The van der Waals surface area contributed by atoms with Gasteiger partial charge in [0.15, 0.2) is 11.5 Å². The van der Waals surface area contributed by atoms with Crippen LogP contribution in [0.15, 0.2) is 31.9 Å². The van der Waals surface area contributed by atoms with E-state index in [0.29, 0.717) is 34.5 Å². The molecule has 0 spiro atoms. The monoisotopic (exact) mass is 449 g/mol. The summed E-state index contributed by atoms with van der Waals surface area (Å²) in [4.78, 5) is 37.8. The fourth-order valence-electron chi connectivity index (χ4n) is 3.09. The lowest BCUT2D eigenvalue weighted by atomic mass is 10.1. The van der Waals surface area contributed by atoms with E-state index >= 15 is 0 Å². The maximum Gasteiger partial charge on any atom is 0.332 e. The Bertz CT molecular complexity index is 1110. The van der Waals surface area contributed by atoms with Gasteiger partial charge in [0.05, 0.1) is 19.9 Å². The van der Waals surface area contributed by atoms with Crippen LogP contribution in [0.2, 0.25) is 0 Å². The number of carbonyl (C=O) groups excluding carboxylic acids is 1. The van der Waals surface area contributed by atoms with E-state index in [1.807, 2.05) is 6.92 Å². The van der Waals surface area contributed by atoms with E-state index < -0.39 is 17.0 Å². The molecule has 1 aliphatic rings. The van der Waals surface area contributed by atoms with Crippen LogP contribution in [0.4, 0.5) is 5.82 Å². The Kier molecular flexibility index (Phi) is 5.46. The Hall–Kier alpha value is -2.81. The third-order valence-electron chi connectivity index (χ3n) is 4.52. The first kappa shape index (κ1) is 19.9. The van der Waals surface area contributed by atoms with Gasteiger partial charge in [-0.3, -0.25) is 18.7 Å². The molecule has 0 bridgehead atoms. The number of Topliss-reactive ketones (excluding diaryl/α,β-unsaturated/α-hetero) is 1. The largest absolute Gasteiger partial charge is 0.493 e. The molecule has 2 heterocycles. The minimum atomic E-state index is -0.611. The Morgan fingerprint density at radius 1 is 1.14 bits per heavy atom. The first-order valence-electron chi connectivity index (χ1n) is 8.62. The first-order chi connectivity index (χ1) is 13.3. The average Bonchev–Trinajstić information content (AvgIpc) is 3.00. The van der Waals surface area contributed by atoms with Gasteiger partial charge < -0.3 is 14.8 Å². The van der Waals surface area contributed by atoms with Crippen molar-refractivity contribution in [3.8, 4) is 11.5 Å². The molecule has 0 fully saturated rings. The van der Waals surface area contributed by atoms with Crippen molar-refractivity contribution in [2.45, 2.75) is 19.9 Å². The molecule has 0 radical (unpaired) electrons. The summed E-state index contributed by atoms with van der Waals surface area (Å²) in [6.45, 7) is 2.31. The number of ether oxygens (including phenoxy) is 2. The van der Waals surface area contributed by atoms with E-state index in [2.05, 4.69) is 21.2 Å². The Morgan fingerprint density at radius 3 is 2.39 bits per heavy atom. The van der Waals surface area contributed by atoms with Gasteiger partial charge in [0.2, 0.25) is 5.78 Å². The topological polar surface area (TPSA) is 91.6 Å². The number of hydrogen-bond donors (Lipinski definition) is 1. The lowest BCUT2D eigenvalue weighted by Crippen LogP contribution is -2.40. The van der Waals surface area contributed by atoms with E-state index in [1.54, 1.807) is 18.2 Å². The minimum absolute atomic E-state index is 0.0293. The summed E-state index contributed by atoms with van der Waals surface area (Å²) >= 11 is 3.45. The molecule has 28 heavy (non-hydrogen) atoms. The first-order valence-corrected chi connectivity index (χ1v) is 9.42. The molecule has 0 aliphatic carbocycles. The second-order valence-electron chi connectivity index (χ2n) is 6.26. The molecule has 1 aliphatic heterocycles. The van der Waals surface area contributed by atoms with Crippen molar-refractivity contribution in [2.24, 2.45) is 7.05 Å². The number of allylic oxidation sites excluding steroid dienone is 1. The standard InChI is InChI=1S/C19H20BrN3O5/c1-5-6-23-17-15(18(25)22(2)19(23)26)16(24)12(21-17)7-10-8-13(27-3)14(28-4)9-11(10)20/h7-9,21H,5-6H2,1-4H3/b12-7+. The zero-order valence-electron chi connectivity index (χ0n) is 16.0. The maximum atomic E-state index is 12.9. The van der Waals surface area contributed by atoms with Crippen LogP contribution in [-0.4, -0.2) is 29.1 Å². The van der Waals surface area contributed by atoms with Gasteiger partial charge in [0.25, 0.3) is 5.56 Å². The number of ketones is 1. The van der Waals surface area contributed by atoms with Crippen LogP contribution in [0.25, 0.3) is 6.08 Å². The van der Waals surface area contributed by atoms with Crippen LogP contribution in [-0.2, 0) is 13.6 Å². The van der Waals surface area contributed by atoms with E-state index in [9.17, 15) is 14.4 Å². The molecular weight excluding hydrogens is 430 g/mol. The third-order valence-corrected chi connectivity index (χ3v) is 5.20. The fraction of sp³-hybridized carbons (Fsp3) is 0.316. The van der Waals surface area contributed by atoms with Crippen LogP contribution in [0.3, 0.4) is 0 Å². The van der Waals surface area contributed by atoms with Crippen LogP contribution >= 0.6 is 15.9 Å². The molecular formula is C19H20BrN3O5. The van der Waals surface area contributed by atoms with E-state index in [0.717, 1.165) is 4.57 Å². The molecule has 0 atom stereocenters. The second kappa shape index (κ2) is 7.67. The number of hydrogen-bond acceptors (Lipinski definition) is 6. The van der Waals surface area contributed by atoms with Crippen LogP contribution in [0.5, 0.6) is 11.5 Å². The van der Waals surface area contributed by atoms with Gasteiger partial charge >= 0.3 is 5.69 Å². The fourth-order valence-corrected chi connectivity index (χ4v) is 3.53. The summed E-state index contributed by atoms with van der Waals surface area (Å²) < 4.78 is 13.6. The number of nitrogens with zero attached hydrogens (tertiary/aromatic N) is 2. The highest BCUT2D eigenvalue weighted by atomic mass is 79.9. The number of carbonyl (C=O) groups is 1. The Morgan fingerprint density at radius 2 is 1.79 bits per heavy atom. The Labute approximate surface area is 169 Å². The van der Waals surface area contributed by atoms with Crippen molar-refractivity contribution in [1.29, 1.82) is 0 Å². The van der Waals surface area contributed by atoms with Gasteiger partial charge in [-0.2, -0.15) is 0 Å². The van der Waals surface area contributed by atoms with Gasteiger partial charge in [0, 0.05) is 18.1 Å². The number of halogens is 1. The maximum absolute atomic E-state index is 12.9. The molecule has 148 valence electrons. The summed E-state index contributed by atoms with van der Waals surface area (Å²) in [6, 6.07) is 3.44. The van der Waals surface area contributed by atoms with Gasteiger partial charge in [-0.1, -0.05) is 22.9 Å². The predicted molar refractivity (Wildman–Crippen MR) is 109 cm³/mol. The van der Waals surface area contributed by atoms with Crippen molar-refractivity contribution in [3.05, 3.63) is 54.3 Å². The molecule has 1 aromatic carbocycles. The van der Waals surface area contributed by atoms with Gasteiger partial charge in [-0.25, -0.2) is 4.79 Å². The summed E-state index contributed by atoms with van der Waals surface area (Å²) in [6.07, 6.45) is 2.29. The number of aromatic nitrogens is 2. The molecule has 0 saturated heterocycles. The van der Waals surface area contributed by atoms with E-state index in [4.69, 9.17) is 9.47 Å². The molecule has 2 aromatic rings. The third kappa shape index (κ3) is 3.15. The molecule has 1 N–H and O–H groups in total. The molecule has 0 saturated carbocycles. The predicted octanol–water partition coefficient (Wildman–Crippen LogP) is 2.39. The normalized spacial score (nSPS) is 14.2. The highest BCUT2D eigenvalue weighted by Gasteiger charge is 2.32. The lowest BCUT2D eigenvalue weighted by molar-refractivity contribution is 0.104. The number of methoxy groups -OCH3 is 2. The van der Waals surface area contributed by atoms with E-state index in [1.165, 1.54) is 25.8 Å². The molecule has 8 nitrogen and oxygen atoms in total. The molecule has 1 aromatic heterocycles. The van der Waals surface area contributed by atoms with Crippen LogP contribution in [0.1, 0.15) is 29.3 Å². The number of anilines is 1. The molecule has 9 heteroatoms. The quantitative estimate of drug-likeness (QED) is 0.704. The highest BCUT2D eigenvalue weighted by Crippen LogP contribution is 2.35. The van der Waals surface area contributed by atoms with Crippen molar-refractivity contribution in [3.63, 3.8) is 0 Å². The average molecular weight is 450 g/mol. The number of benzene rings is 1. The Balaban J connectivity index is 2.16. The number of rotatable bonds is 5.